The van der Waals surface area contributed by atoms with E-state index in [1.165, 1.54) is 11.8 Å². The van der Waals surface area contributed by atoms with Crippen LogP contribution in [0.5, 0.6) is 0 Å². The summed E-state index contributed by atoms with van der Waals surface area (Å²) in [6.45, 7) is 3.91. The molecule has 0 aromatic carbocycles. The Balaban J connectivity index is 2.37. The molecule has 0 atom stereocenters. The van der Waals surface area contributed by atoms with E-state index in [9.17, 15) is 9.59 Å². The van der Waals surface area contributed by atoms with Crippen molar-refractivity contribution in [3.63, 3.8) is 0 Å². The topological polar surface area (TPSA) is 89.0 Å². The molecule has 114 valence electrons. The molecule has 20 heavy (non-hydrogen) atoms. The molecule has 1 rings (SSSR count). The number of carbonyl (C=O) groups is 1. The average Bonchev–Trinajstić information content (AvgIpc) is 2.79. The van der Waals surface area contributed by atoms with E-state index in [1.54, 1.807) is 11.7 Å². The third kappa shape index (κ3) is 5.79. The van der Waals surface area contributed by atoms with Crippen molar-refractivity contribution in [1.29, 1.82) is 0 Å². The van der Waals surface area contributed by atoms with Gasteiger partial charge in [-0.25, -0.2) is 9.89 Å². The summed E-state index contributed by atoms with van der Waals surface area (Å²) in [5, 5.41) is 9.71. The van der Waals surface area contributed by atoms with Crippen LogP contribution in [-0.2, 0) is 16.1 Å². The third-order valence-electron chi connectivity index (χ3n) is 2.64. The SMILES string of the molecule is CCCCn1c(SCC(=O)NCCCOC)n[nH]c1=O. The van der Waals surface area contributed by atoms with Gasteiger partial charge >= 0.3 is 5.69 Å². The number of unbranched alkanes of at least 4 members (excludes halogenated alkanes) is 1. The molecule has 0 unspecified atom stereocenters. The Kier molecular flexibility index (Phi) is 8.05. The lowest BCUT2D eigenvalue weighted by atomic mass is 10.3. The van der Waals surface area contributed by atoms with Crippen LogP contribution in [0.1, 0.15) is 26.2 Å². The first-order valence-electron chi connectivity index (χ1n) is 6.72. The summed E-state index contributed by atoms with van der Waals surface area (Å²) in [7, 11) is 1.63. The van der Waals surface area contributed by atoms with Crippen molar-refractivity contribution in [2.75, 3.05) is 26.0 Å². The van der Waals surface area contributed by atoms with Crippen LogP contribution in [-0.4, -0.2) is 46.7 Å². The molecule has 0 radical (unpaired) electrons. The molecule has 1 amide bonds. The van der Waals surface area contributed by atoms with E-state index in [-0.39, 0.29) is 17.3 Å². The van der Waals surface area contributed by atoms with Gasteiger partial charge in [-0.1, -0.05) is 25.1 Å². The minimum absolute atomic E-state index is 0.0661. The first-order valence-corrected chi connectivity index (χ1v) is 7.71. The van der Waals surface area contributed by atoms with Gasteiger partial charge in [0, 0.05) is 26.8 Å². The van der Waals surface area contributed by atoms with Crippen molar-refractivity contribution in [3.8, 4) is 0 Å². The normalized spacial score (nSPS) is 10.7. The second-order valence-electron chi connectivity index (χ2n) is 4.30. The minimum atomic E-state index is -0.221. The van der Waals surface area contributed by atoms with Crippen LogP contribution >= 0.6 is 11.8 Å². The fraction of sp³-hybridized carbons (Fsp3) is 0.750. The summed E-state index contributed by atoms with van der Waals surface area (Å²) in [5.41, 5.74) is -0.221. The van der Waals surface area contributed by atoms with Gasteiger partial charge in [-0.2, -0.15) is 0 Å². The van der Waals surface area contributed by atoms with Gasteiger partial charge in [0.05, 0.1) is 5.75 Å². The molecule has 8 heteroatoms. The van der Waals surface area contributed by atoms with Gasteiger partial charge in [0.25, 0.3) is 0 Å². The molecule has 0 spiro atoms. The lowest BCUT2D eigenvalue weighted by molar-refractivity contribution is -0.118. The molecule has 0 aliphatic carbocycles. The molecule has 0 fully saturated rings. The highest BCUT2D eigenvalue weighted by Crippen LogP contribution is 2.13. The molecule has 0 saturated carbocycles. The third-order valence-corrected chi connectivity index (χ3v) is 3.61. The molecular weight excluding hydrogens is 280 g/mol. The molecule has 0 aliphatic rings. The molecule has 1 heterocycles. The van der Waals surface area contributed by atoms with Gasteiger partial charge in [0.2, 0.25) is 5.91 Å². The van der Waals surface area contributed by atoms with Crippen LogP contribution in [0, 0.1) is 0 Å². The maximum absolute atomic E-state index is 11.6. The molecule has 2 N–H and O–H groups in total. The summed E-state index contributed by atoms with van der Waals surface area (Å²) in [6, 6.07) is 0. The van der Waals surface area contributed by atoms with Crippen molar-refractivity contribution >= 4 is 17.7 Å². The summed E-state index contributed by atoms with van der Waals surface area (Å²) >= 11 is 1.27. The number of rotatable bonds is 10. The van der Waals surface area contributed by atoms with Crippen molar-refractivity contribution < 1.29 is 9.53 Å². The first-order chi connectivity index (χ1) is 9.69. The molecular formula is C12H22N4O3S. The lowest BCUT2D eigenvalue weighted by Gasteiger charge is -2.05. The Hall–Kier alpha value is -1.28. The number of nitrogens with zero attached hydrogens (tertiary/aromatic N) is 2. The van der Waals surface area contributed by atoms with E-state index in [0.717, 1.165) is 19.3 Å². The molecule has 1 aromatic heterocycles. The summed E-state index contributed by atoms with van der Waals surface area (Å²) in [5.74, 6) is 0.187. The highest BCUT2D eigenvalue weighted by atomic mass is 32.2. The minimum Gasteiger partial charge on any atom is -0.385 e. The average molecular weight is 302 g/mol. The van der Waals surface area contributed by atoms with Crippen LogP contribution in [0.25, 0.3) is 0 Å². The predicted octanol–water partition coefficient (Wildman–Crippen LogP) is 0.616. The van der Waals surface area contributed by atoms with Crippen LogP contribution < -0.4 is 11.0 Å². The second kappa shape index (κ2) is 9.60. The number of nitrogens with one attached hydrogen (secondary N) is 2. The van der Waals surface area contributed by atoms with Crippen molar-refractivity contribution in [3.05, 3.63) is 10.5 Å². The quantitative estimate of drug-likeness (QED) is 0.488. The summed E-state index contributed by atoms with van der Waals surface area (Å²) < 4.78 is 6.48. The van der Waals surface area contributed by atoms with E-state index in [4.69, 9.17) is 4.74 Å². The first kappa shape index (κ1) is 16.8. The Morgan fingerprint density at radius 2 is 2.30 bits per heavy atom. The highest BCUT2D eigenvalue weighted by molar-refractivity contribution is 7.99. The van der Waals surface area contributed by atoms with Crippen LogP contribution in [0.2, 0.25) is 0 Å². The van der Waals surface area contributed by atoms with Gasteiger partial charge < -0.3 is 10.1 Å². The smallest absolute Gasteiger partial charge is 0.343 e. The van der Waals surface area contributed by atoms with Crippen molar-refractivity contribution in [2.45, 2.75) is 37.9 Å². The fourth-order valence-corrected chi connectivity index (χ4v) is 2.35. The van der Waals surface area contributed by atoms with E-state index in [0.29, 0.717) is 24.9 Å². The van der Waals surface area contributed by atoms with E-state index >= 15 is 0 Å². The number of amides is 1. The highest BCUT2D eigenvalue weighted by Gasteiger charge is 2.10. The molecule has 0 bridgehead atoms. The standard InChI is InChI=1S/C12H22N4O3S/c1-3-4-7-16-11(18)14-15-12(16)20-9-10(17)13-6-5-8-19-2/h3-9H2,1-2H3,(H,13,17)(H,14,18). The fourth-order valence-electron chi connectivity index (χ4n) is 1.55. The number of aromatic nitrogens is 3. The number of thioether (sulfide) groups is 1. The molecule has 7 nitrogen and oxygen atoms in total. The lowest BCUT2D eigenvalue weighted by Crippen LogP contribution is -2.27. The number of methoxy groups -OCH3 is 1. The molecule has 0 aliphatic heterocycles. The number of hydrogen-bond acceptors (Lipinski definition) is 5. The Morgan fingerprint density at radius 3 is 3.00 bits per heavy atom. The van der Waals surface area contributed by atoms with E-state index in [2.05, 4.69) is 22.4 Å². The number of ether oxygens (including phenoxy) is 1. The second-order valence-corrected chi connectivity index (χ2v) is 5.24. The number of carbonyl (C=O) groups excluding carboxylic acids is 1. The maximum atomic E-state index is 11.6. The Bertz CT molecular complexity index is 458. The van der Waals surface area contributed by atoms with E-state index in [1.807, 2.05) is 0 Å². The summed E-state index contributed by atoms with van der Waals surface area (Å²) in [4.78, 5) is 23.2. The monoisotopic (exact) mass is 302 g/mol. The van der Waals surface area contributed by atoms with Gasteiger partial charge in [0.15, 0.2) is 5.16 Å². The van der Waals surface area contributed by atoms with Crippen LogP contribution in [0.3, 0.4) is 0 Å². The molecule has 0 saturated heterocycles. The zero-order chi connectivity index (χ0) is 14.8. The van der Waals surface area contributed by atoms with Gasteiger partial charge in [-0.15, -0.1) is 5.10 Å². The largest absolute Gasteiger partial charge is 0.385 e. The van der Waals surface area contributed by atoms with Crippen LogP contribution in [0.4, 0.5) is 0 Å². The Labute approximate surface area is 122 Å². The molecule has 1 aromatic rings. The Morgan fingerprint density at radius 1 is 1.50 bits per heavy atom. The zero-order valence-electron chi connectivity index (χ0n) is 12.0. The predicted molar refractivity (Wildman–Crippen MR) is 78.0 cm³/mol. The van der Waals surface area contributed by atoms with Crippen LogP contribution in [0.15, 0.2) is 9.95 Å². The van der Waals surface area contributed by atoms with Gasteiger partial charge in [-0.05, 0) is 12.8 Å². The maximum Gasteiger partial charge on any atom is 0.343 e. The summed E-state index contributed by atoms with van der Waals surface area (Å²) in [6.07, 6.45) is 2.70. The number of hydrogen-bond donors (Lipinski definition) is 2. The number of aromatic amines is 1. The van der Waals surface area contributed by atoms with Crippen molar-refractivity contribution in [1.82, 2.24) is 20.1 Å². The van der Waals surface area contributed by atoms with Gasteiger partial charge in [0.1, 0.15) is 0 Å². The van der Waals surface area contributed by atoms with Gasteiger partial charge in [-0.3, -0.25) is 9.36 Å². The van der Waals surface area contributed by atoms with E-state index < -0.39 is 0 Å². The zero-order valence-corrected chi connectivity index (χ0v) is 12.8. The van der Waals surface area contributed by atoms with Crippen molar-refractivity contribution in [2.24, 2.45) is 0 Å². The number of H-pyrrole nitrogens is 1.